The number of pyridine rings is 1. The summed E-state index contributed by atoms with van der Waals surface area (Å²) in [7, 11) is 0. The summed E-state index contributed by atoms with van der Waals surface area (Å²) in [6.45, 7) is 7.19. The van der Waals surface area contributed by atoms with Gasteiger partial charge in [-0.2, -0.15) is 0 Å². The third kappa shape index (κ3) is 3.92. The monoisotopic (exact) mass is 263 g/mol. The predicted molar refractivity (Wildman–Crippen MR) is 73.0 cm³/mol. The third-order valence-corrected chi connectivity index (χ3v) is 3.05. The van der Waals surface area contributed by atoms with Gasteiger partial charge in [-0.1, -0.05) is 0 Å². The van der Waals surface area contributed by atoms with Gasteiger partial charge in [-0.05, 0) is 38.5 Å². The molecule has 1 saturated heterocycles. The molecular weight excluding hydrogens is 242 g/mol. The van der Waals surface area contributed by atoms with E-state index in [1.807, 2.05) is 32.9 Å². The second-order valence-corrected chi connectivity index (χ2v) is 5.80. The lowest BCUT2D eigenvalue weighted by molar-refractivity contribution is 0.0504. The zero-order chi connectivity index (χ0) is 13.9. The minimum Gasteiger partial charge on any atom is -0.444 e. The van der Waals surface area contributed by atoms with Crippen molar-refractivity contribution in [3.8, 4) is 0 Å². The van der Waals surface area contributed by atoms with Crippen LogP contribution in [0.15, 0.2) is 24.5 Å². The maximum atomic E-state index is 11.8. The van der Waals surface area contributed by atoms with Gasteiger partial charge in [0.1, 0.15) is 5.60 Å². The Bertz CT molecular complexity index is 428. The van der Waals surface area contributed by atoms with E-state index in [-0.39, 0.29) is 18.1 Å². The first-order chi connectivity index (χ1) is 8.96. The van der Waals surface area contributed by atoms with Crippen LogP contribution in [0.25, 0.3) is 0 Å². The molecule has 2 unspecified atom stereocenters. The Hall–Kier alpha value is -1.62. The van der Waals surface area contributed by atoms with Gasteiger partial charge in [0.2, 0.25) is 0 Å². The van der Waals surface area contributed by atoms with Crippen molar-refractivity contribution in [3.05, 3.63) is 30.1 Å². The standard InChI is InChI=1S/C14H21N3O2/c1-14(2,3)19-13(18)17-12-9-16-8-11(12)10-4-6-15-7-5-10/h4-7,11-12,16H,8-9H2,1-3H3,(H,17,18). The summed E-state index contributed by atoms with van der Waals surface area (Å²) in [4.78, 5) is 15.8. The molecule has 2 heterocycles. The van der Waals surface area contributed by atoms with Gasteiger partial charge in [0.05, 0.1) is 6.04 Å². The summed E-state index contributed by atoms with van der Waals surface area (Å²) in [5.74, 6) is 0.260. The van der Waals surface area contributed by atoms with E-state index in [4.69, 9.17) is 4.74 Å². The summed E-state index contributed by atoms with van der Waals surface area (Å²) < 4.78 is 5.29. The summed E-state index contributed by atoms with van der Waals surface area (Å²) in [6.07, 6.45) is 3.19. The van der Waals surface area contributed by atoms with E-state index in [9.17, 15) is 4.79 Å². The molecule has 0 spiro atoms. The van der Waals surface area contributed by atoms with Crippen LogP contribution in [-0.2, 0) is 4.74 Å². The van der Waals surface area contributed by atoms with Crippen molar-refractivity contribution in [2.45, 2.75) is 38.3 Å². The number of alkyl carbamates (subject to hydrolysis) is 1. The van der Waals surface area contributed by atoms with Crippen LogP contribution in [-0.4, -0.2) is 35.8 Å². The molecule has 1 aliphatic heterocycles. The SMILES string of the molecule is CC(C)(C)OC(=O)NC1CNCC1c1ccncc1. The number of hydrogen-bond acceptors (Lipinski definition) is 4. The lowest BCUT2D eigenvalue weighted by Gasteiger charge is -2.24. The Labute approximate surface area is 113 Å². The van der Waals surface area contributed by atoms with Crippen LogP contribution in [0.5, 0.6) is 0 Å². The van der Waals surface area contributed by atoms with E-state index >= 15 is 0 Å². The number of rotatable bonds is 2. The second-order valence-electron chi connectivity index (χ2n) is 5.80. The minimum absolute atomic E-state index is 0.0530. The fraction of sp³-hybridized carbons (Fsp3) is 0.571. The quantitative estimate of drug-likeness (QED) is 0.852. The van der Waals surface area contributed by atoms with Crippen molar-refractivity contribution < 1.29 is 9.53 Å². The molecule has 0 aromatic carbocycles. The van der Waals surface area contributed by atoms with Crippen molar-refractivity contribution in [2.24, 2.45) is 0 Å². The first-order valence-electron chi connectivity index (χ1n) is 6.56. The molecule has 0 aliphatic carbocycles. The fourth-order valence-corrected chi connectivity index (χ4v) is 2.25. The average Bonchev–Trinajstić information content (AvgIpc) is 2.75. The maximum Gasteiger partial charge on any atom is 0.407 e. The largest absolute Gasteiger partial charge is 0.444 e. The van der Waals surface area contributed by atoms with Crippen LogP contribution < -0.4 is 10.6 Å². The topological polar surface area (TPSA) is 63.2 Å². The average molecular weight is 263 g/mol. The van der Waals surface area contributed by atoms with Crippen molar-refractivity contribution in [3.63, 3.8) is 0 Å². The molecule has 1 fully saturated rings. The second kappa shape index (κ2) is 5.57. The number of hydrogen-bond donors (Lipinski definition) is 2. The number of nitrogens with zero attached hydrogens (tertiary/aromatic N) is 1. The molecule has 0 radical (unpaired) electrons. The van der Waals surface area contributed by atoms with Crippen LogP contribution in [0.3, 0.4) is 0 Å². The van der Waals surface area contributed by atoms with E-state index in [0.717, 1.165) is 13.1 Å². The number of amides is 1. The molecule has 0 bridgehead atoms. The van der Waals surface area contributed by atoms with Gasteiger partial charge in [-0.3, -0.25) is 4.98 Å². The first-order valence-corrected chi connectivity index (χ1v) is 6.56. The van der Waals surface area contributed by atoms with Crippen molar-refractivity contribution in [2.75, 3.05) is 13.1 Å². The Morgan fingerprint density at radius 1 is 1.37 bits per heavy atom. The lowest BCUT2D eigenvalue weighted by Crippen LogP contribution is -2.42. The lowest BCUT2D eigenvalue weighted by atomic mass is 9.95. The normalized spacial score (nSPS) is 23.1. The van der Waals surface area contributed by atoms with Gasteiger partial charge in [0.15, 0.2) is 0 Å². The molecular formula is C14H21N3O2. The molecule has 2 atom stereocenters. The molecule has 1 aliphatic rings. The summed E-state index contributed by atoms with van der Waals surface area (Å²) in [5, 5.41) is 6.24. The van der Waals surface area contributed by atoms with Crippen LogP contribution in [0.4, 0.5) is 4.79 Å². The highest BCUT2D eigenvalue weighted by atomic mass is 16.6. The summed E-state index contributed by atoms with van der Waals surface area (Å²) >= 11 is 0. The van der Waals surface area contributed by atoms with Crippen molar-refractivity contribution in [1.29, 1.82) is 0 Å². The highest BCUT2D eigenvalue weighted by Gasteiger charge is 2.30. The predicted octanol–water partition coefficient (Wildman–Crippen LogP) is 1.66. The third-order valence-electron chi connectivity index (χ3n) is 3.05. The molecule has 19 heavy (non-hydrogen) atoms. The number of nitrogens with one attached hydrogen (secondary N) is 2. The smallest absolute Gasteiger partial charge is 0.407 e. The van der Waals surface area contributed by atoms with Gasteiger partial charge in [-0.25, -0.2) is 4.79 Å². The molecule has 1 amide bonds. The highest BCUT2D eigenvalue weighted by Crippen LogP contribution is 2.22. The molecule has 5 nitrogen and oxygen atoms in total. The Morgan fingerprint density at radius 2 is 2.05 bits per heavy atom. The number of aromatic nitrogens is 1. The van der Waals surface area contributed by atoms with Gasteiger partial charge in [-0.15, -0.1) is 0 Å². The highest BCUT2D eigenvalue weighted by molar-refractivity contribution is 5.68. The van der Waals surface area contributed by atoms with Crippen molar-refractivity contribution in [1.82, 2.24) is 15.6 Å². The number of ether oxygens (including phenoxy) is 1. The van der Waals surface area contributed by atoms with Gasteiger partial charge in [0.25, 0.3) is 0 Å². The van der Waals surface area contributed by atoms with Crippen LogP contribution in [0, 0.1) is 0 Å². The summed E-state index contributed by atoms with van der Waals surface area (Å²) in [6, 6.07) is 4.03. The first kappa shape index (κ1) is 13.8. The molecule has 2 rings (SSSR count). The fourth-order valence-electron chi connectivity index (χ4n) is 2.25. The molecule has 5 heteroatoms. The maximum absolute atomic E-state index is 11.8. The number of carbonyl (C=O) groups excluding carboxylic acids is 1. The number of carbonyl (C=O) groups is 1. The van der Waals surface area contributed by atoms with E-state index in [2.05, 4.69) is 15.6 Å². The Kier molecular flexibility index (Phi) is 4.04. The Balaban J connectivity index is 1.98. The van der Waals surface area contributed by atoms with Gasteiger partial charge >= 0.3 is 6.09 Å². The van der Waals surface area contributed by atoms with Crippen LogP contribution >= 0.6 is 0 Å². The van der Waals surface area contributed by atoms with E-state index in [0.29, 0.717) is 0 Å². The molecule has 1 aromatic heterocycles. The minimum atomic E-state index is -0.470. The molecule has 2 N–H and O–H groups in total. The van der Waals surface area contributed by atoms with Crippen LogP contribution in [0.2, 0.25) is 0 Å². The van der Waals surface area contributed by atoms with Gasteiger partial charge < -0.3 is 15.4 Å². The van der Waals surface area contributed by atoms with Crippen LogP contribution in [0.1, 0.15) is 32.3 Å². The molecule has 0 saturated carbocycles. The Morgan fingerprint density at radius 3 is 2.68 bits per heavy atom. The molecule has 104 valence electrons. The van der Waals surface area contributed by atoms with Gasteiger partial charge in [0, 0.05) is 31.4 Å². The zero-order valence-electron chi connectivity index (χ0n) is 11.6. The zero-order valence-corrected chi connectivity index (χ0v) is 11.6. The van der Waals surface area contributed by atoms with E-state index in [1.165, 1.54) is 5.56 Å². The molecule has 1 aromatic rings. The van der Waals surface area contributed by atoms with E-state index in [1.54, 1.807) is 12.4 Å². The van der Waals surface area contributed by atoms with Crippen molar-refractivity contribution >= 4 is 6.09 Å². The van der Waals surface area contributed by atoms with E-state index < -0.39 is 5.60 Å². The summed E-state index contributed by atoms with van der Waals surface area (Å²) in [5.41, 5.74) is 0.712.